The van der Waals surface area contributed by atoms with Crippen molar-refractivity contribution in [2.45, 2.75) is 39.0 Å². The number of rotatable bonds is 6. The molecule has 1 aliphatic heterocycles. The van der Waals surface area contributed by atoms with Crippen molar-refractivity contribution in [2.24, 2.45) is 20.0 Å². The van der Waals surface area contributed by atoms with E-state index in [9.17, 15) is 30.6 Å². The van der Waals surface area contributed by atoms with Gasteiger partial charge in [-0.2, -0.15) is 0 Å². The van der Waals surface area contributed by atoms with E-state index in [0.29, 0.717) is 170 Å². The van der Waals surface area contributed by atoms with Crippen molar-refractivity contribution in [1.82, 2.24) is 9.80 Å². The minimum Gasteiger partial charge on any atom is -0.508 e. The van der Waals surface area contributed by atoms with E-state index in [1.54, 1.807) is 97.7 Å². The van der Waals surface area contributed by atoms with Crippen LogP contribution >= 0.6 is 46.4 Å². The summed E-state index contributed by atoms with van der Waals surface area (Å²) < 4.78 is 23.0. The lowest BCUT2D eigenvalue weighted by atomic mass is 10.1. The number of phenolic OH excluding ortho intramolecular Hbond substituents is 6. The molecule has 0 unspecified atom stereocenters. The molecule has 6 aromatic carbocycles. The summed E-state index contributed by atoms with van der Waals surface area (Å²) in [6, 6.07) is 27.3. The van der Waals surface area contributed by atoms with Gasteiger partial charge < -0.3 is 49.6 Å². The zero-order valence-corrected chi connectivity index (χ0v) is 47.2. The van der Waals surface area contributed by atoms with E-state index in [4.69, 9.17) is 65.4 Å². The van der Waals surface area contributed by atoms with Crippen LogP contribution in [0.2, 0.25) is 20.1 Å². The van der Waals surface area contributed by atoms with E-state index in [1.165, 1.54) is 0 Å². The van der Waals surface area contributed by atoms with Crippen LogP contribution in [0.5, 0.6) is 34.5 Å². The SMILES string of the molecule is Oc1ccc(CCN2Cc3cc(Cl)cc(c3O)C=NCCOCCOCCN=Cc3cc(Cl)cc(c3O)CN(CCc3ccc(O)cc3)Cc3cc(Cl)cc(c3O)C=NCCOCCOCCN=Cc3cc(Cl)cc(c3O)C2)cc1. The number of hydrogen-bond donors (Lipinski definition) is 6. The van der Waals surface area contributed by atoms with Gasteiger partial charge in [0.2, 0.25) is 0 Å². The lowest BCUT2D eigenvalue weighted by molar-refractivity contribution is 0.0541. The van der Waals surface area contributed by atoms with Gasteiger partial charge in [0.1, 0.15) is 34.5 Å². The van der Waals surface area contributed by atoms with E-state index in [0.717, 1.165) is 11.1 Å². The largest absolute Gasteiger partial charge is 0.508 e. The van der Waals surface area contributed by atoms with Crippen LogP contribution in [0.3, 0.4) is 0 Å². The van der Waals surface area contributed by atoms with Gasteiger partial charge in [-0.05, 0) is 96.8 Å². The molecular formula is C60H66Cl4N6O10. The second kappa shape index (κ2) is 32.2. The third kappa shape index (κ3) is 20.1. The Balaban J connectivity index is 1.04. The first-order valence-electron chi connectivity index (χ1n) is 26.1. The van der Waals surface area contributed by atoms with Crippen LogP contribution < -0.4 is 0 Å². The van der Waals surface area contributed by atoms with Crippen molar-refractivity contribution in [2.75, 3.05) is 92.1 Å². The molecule has 6 aromatic rings. The number of ether oxygens (including phenoxy) is 4. The first-order chi connectivity index (χ1) is 38.8. The molecule has 0 saturated heterocycles. The van der Waals surface area contributed by atoms with Crippen molar-refractivity contribution in [3.8, 4) is 34.5 Å². The molecule has 0 radical (unpaired) electrons. The molecule has 80 heavy (non-hydrogen) atoms. The Kier molecular flexibility index (Phi) is 24.7. The van der Waals surface area contributed by atoms with Crippen molar-refractivity contribution in [3.63, 3.8) is 0 Å². The molecule has 0 aliphatic carbocycles. The van der Waals surface area contributed by atoms with Gasteiger partial charge in [-0.25, -0.2) is 0 Å². The highest BCUT2D eigenvalue weighted by Crippen LogP contribution is 2.33. The Morgan fingerprint density at radius 3 is 0.850 bits per heavy atom. The first kappa shape index (κ1) is 61.3. The van der Waals surface area contributed by atoms with Crippen molar-refractivity contribution >= 4 is 71.3 Å². The summed E-state index contributed by atoms with van der Waals surface area (Å²) in [7, 11) is 0. The Morgan fingerprint density at radius 2 is 0.600 bits per heavy atom. The third-order valence-electron chi connectivity index (χ3n) is 12.7. The summed E-state index contributed by atoms with van der Waals surface area (Å²) in [5.74, 6) is 0.390. The Morgan fingerprint density at radius 1 is 0.350 bits per heavy atom. The molecule has 1 aliphatic rings. The standard InChI is InChI=1S/C60H66Cl4N6O10/c61-51-25-43-33-65-11-17-77-21-23-79-19-13-67-35-45-27-53(63)31-49(59(45)75)39-70(16-10-42-3-7-56(72)8-4-42)40-50-32-54(64)28-46(60(50)76)36-68-14-20-80-24-22-78-18-12-66-34-44-26-52(62)30-48(58(44)74)38-69(37-47(29-51)57(43)73)15-9-41-1-5-55(71)6-2-41/h1-8,25-36,71-76H,9-24,37-40H2. The predicted octanol–water partition coefficient (Wildman–Crippen LogP) is 10.5. The average molecular weight is 1170 g/mol. The first-order valence-corrected chi connectivity index (χ1v) is 27.7. The number of aromatic hydroxyl groups is 6. The average Bonchev–Trinajstić information content (AvgIpc) is 3.43. The predicted molar refractivity (Wildman–Crippen MR) is 317 cm³/mol. The minimum absolute atomic E-state index is 0.0152. The second-order valence-corrected chi connectivity index (χ2v) is 20.6. The molecule has 8 bridgehead atoms. The van der Waals surface area contributed by atoms with E-state index in [-0.39, 0.29) is 60.7 Å². The molecule has 1 heterocycles. The number of halogens is 4. The van der Waals surface area contributed by atoms with Gasteiger partial charge in [0.05, 0.1) is 79.0 Å². The van der Waals surface area contributed by atoms with Gasteiger partial charge >= 0.3 is 0 Å². The number of aliphatic imine (C=N–C) groups is 4. The highest BCUT2D eigenvalue weighted by molar-refractivity contribution is 6.32. The highest BCUT2D eigenvalue weighted by Gasteiger charge is 2.20. The maximum Gasteiger partial charge on any atom is 0.128 e. The molecular weight excluding hydrogens is 1110 g/mol. The number of nitrogens with zero attached hydrogens (tertiary/aromatic N) is 6. The molecule has 424 valence electrons. The van der Waals surface area contributed by atoms with Gasteiger partial charge in [-0.15, -0.1) is 0 Å². The molecule has 0 amide bonds. The molecule has 6 N–H and O–H groups in total. The van der Waals surface area contributed by atoms with Gasteiger partial charge in [0.25, 0.3) is 0 Å². The summed E-state index contributed by atoms with van der Waals surface area (Å²) in [5.41, 5.74) is 5.93. The second-order valence-electron chi connectivity index (χ2n) is 18.9. The van der Waals surface area contributed by atoms with E-state index in [1.807, 2.05) is 24.3 Å². The quantitative estimate of drug-likeness (QED) is 0.0919. The zero-order chi connectivity index (χ0) is 56.6. The maximum atomic E-state index is 11.5. The summed E-state index contributed by atoms with van der Waals surface area (Å²) in [4.78, 5) is 22.1. The van der Waals surface area contributed by atoms with Crippen LogP contribution in [0.15, 0.2) is 117 Å². The summed E-state index contributed by atoms with van der Waals surface area (Å²) in [5, 5.41) is 67.5. The van der Waals surface area contributed by atoms with Gasteiger partial charge in [-0.1, -0.05) is 70.7 Å². The lowest BCUT2D eigenvalue weighted by Gasteiger charge is -2.24. The Labute approximate surface area is 486 Å². The van der Waals surface area contributed by atoms with Crippen LogP contribution in [-0.2, 0) is 58.0 Å². The van der Waals surface area contributed by atoms with Crippen LogP contribution in [0, 0.1) is 0 Å². The van der Waals surface area contributed by atoms with E-state index < -0.39 is 0 Å². The number of phenols is 6. The molecule has 7 rings (SSSR count). The molecule has 0 saturated carbocycles. The van der Waals surface area contributed by atoms with Crippen molar-refractivity contribution in [3.05, 3.63) is 173 Å². The number of benzene rings is 6. The fourth-order valence-electron chi connectivity index (χ4n) is 8.65. The van der Waals surface area contributed by atoms with Gasteiger partial charge in [0.15, 0.2) is 0 Å². The molecule has 0 spiro atoms. The lowest BCUT2D eigenvalue weighted by Crippen LogP contribution is -2.25. The molecule has 20 heteroatoms. The number of fused-ring (bicyclic) bond motifs is 8. The highest BCUT2D eigenvalue weighted by atomic mass is 35.5. The minimum atomic E-state index is 0.0152. The normalized spacial score (nSPS) is 15.9. The molecule has 0 fully saturated rings. The molecule has 0 aromatic heterocycles. The number of hydrogen-bond acceptors (Lipinski definition) is 16. The molecule has 16 nitrogen and oxygen atoms in total. The molecule has 0 atom stereocenters. The fourth-order valence-corrected chi connectivity index (χ4v) is 9.64. The van der Waals surface area contributed by atoms with Crippen LogP contribution in [-0.4, -0.2) is 157 Å². The fraction of sp³-hybridized carbons (Fsp3) is 0.333. The Hall–Kier alpha value is -6.28. The van der Waals surface area contributed by atoms with Gasteiger partial charge in [0, 0.05) is 129 Å². The van der Waals surface area contributed by atoms with Gasteiger partial charge in [-0.3, -0.25) is 29.8 Å². The van der Waals surface area contributed by atoms with Crippen molar-refractivity contribution < 1.29 is 49.6 Å². The monoisotopic (exact) mass is 1170 g/mol. The van der Waals surface area contributed by atoms with Crippen LogP contribution in [0.1, 0.15) is 55.6 Å². The van der Waals surface area contributed by atoms with E-state index >= 15 is 0 Å². The third-order valence-corrected chi connectivity index (χ3v) is 13.6. The Bertz CT molecular complexity index is 2710. The topological polar surface area (TPSA) is 214 Å². The maximum absolute atomic E-state index is 11.5. The zero-order valence-electron chi connectivity index (χ0n) is 44.2. The van der Waals surface area contributed by atoms with Crippen molar-refractivity contribution in [1.29, 1.82) is 0 Å². The summed E-state index contributed by atoms with van der Waals surface area (Å²) in [6.45, 7) is 5.75. The van der Waals surface area contributed by atoms with Crippen LogP contribution in [0.4, 0.5) is 0 Å². The van der Waals surface area contributed by atoms with E-state index in [2.05, 4.69) is 29.8 Å². The smallest absolute Gasteiger partial charge is 0.128 e. The summed E-state index contributed by atoms with van der Waals surface area (Å²) in [6.07, 6.45) is 7.44. The summed E-state index contributed by atoms with van der Waals surface area (Å²) >= 11 is 26.5. The van der Waals surface area contributed by atoms with Crippen LogP contribution in [0.25, 0.3) is 0 Å².